The second kappa shape index (κ2) is 6.06. The third-order valence-corrected chi connectivity index (χ3v) is 3.18. The molecule has 0 aliphatic heterocycles. The minimum absolute atomic E-state index is 0.166. The van der Waals surface area contributed by atoms with Crippen LogP contribution in [-0.4, -0.2) is 68.2 Å². The molecule has 0 saturated carbocycles. The van der Waals surface area contributed by atoms with Crippen molar-refractivity contribution in [3.05, 3.63) is 0 Å². The number of hydrogen-bond acceptors (Lipinski definition) is 4. The smallest absolute Gasteiger partial charge is 0.350 e. The van der Waals surface area contributed by atoms with Crippen LogP contribution in [0.3, 0.4) is 0 Å². The highest BCUT2D eigenvalue weighted by Gasteiger charge is 2.33. The van der Waals surface area contributed by atoms with Gasteiger partial charge in [0.25, 0.3) is 10.0 Å². The first-order valence-corrected chi connectivity index (χ1v) is 5.82. The van der Waals surface area contributed by atoms with Gasteiger partial charge in [-0.1, -0.05) is 0 Å². The van der Waals surface area contributed by atoms with Crippen LogP contribution in [0.25, 0.3) is 0 Å². The highest BCUT2D eigenvalue weighted by atomic mass is 32.2. The zero-order chi connectivity index (χ0) is 12.9. The summed E-state index contributed by atoms with van der Waals surface area (Å²) in [4.78, 5) is 11.9. The van der Waals surface area contributed by atoms with Crippen molar-refractivity contribution in [3.8, 4) is 0 Å². The average Bonchev–Trinajstić information content (AvgIpc) is 2.10. The fourth-order valence-electron chi connectivity index (χ4n) is 0.871. The van der Waals surface area contributed by atoms with E-state index in [-0.39, 0.29) is 17.4 Å². The minimum Gasteiger partial charge on any atom is -0.480 e. The Hall–Kier alpha value is -0.800. The van der Waals surface area contributed by atoms with Crippen molar-refractivity contribution in [1.29, 1.82) is 0 Å². The maximum absolute atomic E-state index is 12.2. The average molecular weight is 260 g/mol. The van der Waals surface area contributed by atoms with E-state index in [2.05, 4.69) is 0 Å². The van der Waals surface area contributed by atoms with Crippen LogP contribution in [0.2, 0.25) is 0 Å². The quantitative estimate of drug-likeness (QED) is 0.667. The van der Waals surface area contributed by atoms with Crippen LogP contribution in [0.4, 0.5) is 8.78 Å². The van der Waals surface area contributed by atoms with Crippen molar-refractivity contribution in [1.82, 2.24) is 9.21 Å². The Kier molecular flexibility index (Phi) is 5.76. The zero-order valence-corrected chi connectivity index (χ0v) is 9.75. The Morgan fingerprint density at radius 3 is 2.12 bits per heavy atom. The van der Waals surface area contributed by atoms with E-state index in [9.17, 15) is 22.0 Å². The maximum atomic E-state index is 12.2. The molecule has 16 heavy (non-hydrogen) atoms. The molecule has 0 aliphatic rings. The monoisotopic (exact) mass is 260 g/mol. The van der Waals surface area contributed by atoms with Gasteiger partial charge >= 0.3 is 11.7 Å². The lowest BCUT2D eigenvalue weighted by molar-refractivity contribution is -0.137. The molecular weight excluding hydrogens is 246 g/mol. The number of sulfonamides is 1. The highest BCUT2D eigenvalue weighted by Crippen LogP contribution is 2.11. The molecule has 0 aromatic carbocycles. The lowest BCUT2D eigenvalue weighted by atomic mass is 10.5. The van der Waals surface area contributed by atoms with Gasteiger partial charge in [-0.05, 0) is 14.1 Å². The number of aliphatic carboxylic acids is 1. The maximum Gasteiger partial charge on any atom is 0.350 e. The number of rotatable bonds is 7. The van der Waals surface area contributed by atoms with Crippen molar-refractivity contribution in [2.24, 2.45) is 0 Å². The fraction of sp³-hybridized carbons (Fsp3) is 0.857. The van der Waals surface area contributed by atoms with Gasteiger partial charge in [-0.3, -0.25) is 4.79 Å². The Morgan fingerprint density at radius 1 is 1.31 bits per heavy atom. The van der Waals surface area contributed by atoms with Crippen LogP contribution < -0.4 is 0 Å². The van der Waals surface area contributed by atoms with Gasteiger partial charge in [0.1, 0.15) is 6.54 Å². The summed E-state index contributed by atoms with van der Waals surface area (Å²) in [6.45, 7) is -1.08. The lowest BCUT2D eigenvalue weighted by Gasteiger charge is -2.21. The predicted molar refractivity (Wildman–Crippen MR) is 52.7 cm³/mol. The molecule has 0 bridgehead atoms. The second-order valence-electron chi connectivity index (χ2n) is 3.34. The van der Waals surface area contributed by atoms with Crippen LogP contribution >= 0.6 is 0 Å². The lowest BCUT2D eigenvalue weighted by Crippen LogP contribution is -2.42. The summed E-state index contributed by atoms with van der Waals surface area (Å²) in [5.41, 5.74) is 0. The molecule has 0 radical (unpaired) electrons. The predicted octanol–water partition coefficient (Wildman–Crippen LogP) is -0.513. The summed E-state index contributed by atoms with van der Waals surface area (Å²) in [5.74, 6) is -5.07. The molecule has 96 valence electrons. The molecule has 0 aliphatic carbocycles. The topological polar surface area (TPSA) is 77.9 Å². The molecule has 0 amide bonds. The SMILES string of the molecule is CN(C)CCN(CC(=O)O)S(=O)(=O)C(F)F. The summed E-state index contributed by atoms with van der Waals surface area (Å²) in [7, 11) is -1.60. The molecule has 0 fully saturated rings. The van der Waals surface area contributed by atoms with Crippen molar-refractivity contribution >= 4 is 16.0 Å². The first-order chi connectivity index (χ1) is 7.17. The third-order valence-electron chi connectivity index (χ3n) is 1.69. The molecule has 0 spiro atoms. The number of carboxylic acids is 1. The number of alkyl halides is 2. The Labute approximate surface area is 92.5 Å². The van der Waals surface area contributed by atoms with Crippen LogP contribution in [-0.2, 0) is 14.8 Å². The molecule has 0 rings (SSSR count). The van der Waals surface area contributed by atoms with Crippen LogP contribution in [0.1, 0.15) is 0 Å². The van der Waals surface area contributed by atoms with E-state index >= 15 is 0 Å². The summed E-state index contributed by atoms with van der Waals surface area (Å²) in [6.07, 6.45) is 0. The number of carboxylic acid groups (broad SMARTS) is 1. The molecule has 0 atom stereocenters. The van der Waals surface area contributed by atoms with Gasteiger partial charge in [0.2, 0.25) is 0 Å². The van der Waals surface area contributed by atoms with Crippen molar-refractivity contribution in [2.45, 2.75) is 5.76 Å². The van der Waals surface area contributed by atoms with Gasteiger partial charge in [-0.15, -0.1) is 0 Å². The van der Waals surface area contributed by atoms with Crippen LogP contribution in [0, 0.1) is 0 Å². The van der Waals surface area contributed by atoms with Gasteiger partial charge in [-0.2, -0.15) is 13.1 Å². The fourth-order valence-corrected chi connectivity index (χ4v) is 1.72. The van der Waals surface area contributed by atoms with Crippen molar-refractivity contribution in [2.75, 3.05) is 33.7 Å². The zero-order valence-electron chi connectivity index (χ0n) is 8.93. The Bertz CT molecular complexity index is 331. The molecule has 0 saturated heterocycles. The first kappa shape index (κ1) is 15.2. The van der Waals surface area contributed by atoms with E-state index in [4.69, 9.17) is 5.11 Å². The molecule has 6 nitrogen and oxygen atoms in total. The van der Waals surface area contributed by atoms with E-state index in [1.807, 2.05) is 0 Å². The largest absolute Gasteiger partial charge is 0.480 e. The molecule has 0 heterocycles. The van der Waals surface area contributed by atoms with Gasteiger partial charge in [-0.25, -0.2) is 8.42 Å². The second-order valence-corrected chi connectivity index (χ2v) is 5.24. The summed E-state index contributed by atoms with van der Waals surface area (Å²) >= 11 is 0. The number of hydrogen-bond donors (Lipinski definition) is 1. The van der Waals surface area contributed by atoms with Crippen molar-refractivity contribution in [3.63, 3.8) is 0 Å². The normalized spacial score (nSPS) is 12.7. The Balaban J connectivity index is 4.73. The van der Waals surface area contributed by atoms with E-state index in [0.29, 0.717) is 0 Å². The molecule has 1 N–H and O–H groups in total. The van der Waals surface area contributed by atoms with E-state index < -0.39 is 28.3 Å². The van der Waals surface area contributed by atoms with E-state index in [1.54, 1.807) is 19.0 Å². The number of nitrogens with zero attached hydrogens (tertiary/aromatic N) is 2. The number of likely N-dealkylation sites (N-methyl/N-ethyl adjacent to an activating group) is 1. The van der Waals surface area contributed by atoms with Gasteiger partial charge in [0, 0.05) is 13.1 Å². The molecular formula is C7H14F2N2O4S. The summed E-state index contributed by atoms with van der Waals surface area (Å²) < 4.78 is 46.8. The molecule has 0 unspecified atom stereocenters. The van der Waals surface area contributed by atoms with Crippen LogP contribution in [0.5, 0.6) is 0 Å². The van der Waals surface area contributed by atoms with Crippen molar-refractivity contribution < 1.29 is 27.1 Å². The summed E-state index contributed by atoms with van der Waals surface area (Å²) in [6, 6.07) is 0. The standard InChI is InChI=1S/C7H14F2N2O4S/c1-10(2)3-4-11(5-6(12)13)16(14,15)7(8)9/h7H,3-5H2,1-2H3,(H,12,13). The Morgan fingerprint density at radius 2 is 1.81 bits per heavy atom. The van der Waals surface area contributed by atoms with E-state index in [1.165, 1.54) is 0 Å². The molecule has 0 aromatic heterocycles. The van der Waals surface area contributed by atoms with Gasteiger partial charge in [0.05, 0.1) is 0 Å². The van der Waals surface area contributed by atoms with Crippen LogP contribution in [0.15, 0.2) is 0 Å². The number of carbonyl (C=O) groups is 1. The molecule has 9 heteroatoms. The number of halogens is 2. The third kappa shape index (κ3) is 4.81. The van der Waals surface area contributed by atoms with Gasteiger partial charge in [0.15, 0.2) is 0 Å². The van der Waals surface area contributed by atoms with Gasteiger partial charge < -0.3 is 10.0 Å². The summed E-state index contributed by atoms with van der Waals surface area (Å²) in [5, 5.41) is 8.43. The minimum atomic E-state index is -4.84. The highest BCUT2D eigenvalue weighted by molar-refractivity contribution is 7.89. The molecule has 0 aromatic rings. The first-order valence-electron chi connectivity index (χ1n) is 4.31. The van der Waals surface area contributed by atoms with E-state index in [0.717, 1.165) is 0 Å².